The molecule has 0 aliphatic heterocycles. The summed E-state index contributed by atoms with van der Waals surface area (Å²) in [6.07, 6.45) is 0. The molecule has 4 N–H and O–H groups in total. The standard InChI is InChI=1S/C17H16N4O4/c1-10(22)15(16(23)19-12-5-3-2-4-6-12)21-20-14-8-7-11(17(24)25)9-13(14)18/h2-9,15H,18H2,1H3,(H,19,23)(H,24,25). The number of nitrogens with one attached hydrogen (secondary N) is 1. The average Bonchev–Trinajstić information content (AvgIpc) is 2.56. The number of anilines is 2. The normalized spacial score (nSPS) is 11.9. The summed E-state index contributed by atoms with van der Waals surface area (Å²) in [5, 5.41) is 19.0. The quantitative estimate of drug-likeness (QED) is 0.422. The second-order valence-electron chi connectivity index (χ2n) is 5.16. The predicted molar refractivity (Wildman–Crippen MR) is 91.9 cm³/mol. The third-order valence-electron chi connectivity index (χ3n) is 3.23. The molecule has 2 rings (SSSR count). The van der Waals surface area contributed by atoms with Gasteiger partial charge in [0.1, 0.15) is 5.69 Å². The van der Waals surface area contributed by atoms with Crippen molar-refractivity contribution in [1.29, 1.82) is 0 Å². The molecule has 0 saturated carbocycles. The van der Waals surface area contributed by atoms with Gasteiger partial charge in [-0.05, 0) is 37.3 Å². The zero-order valence-corrected chi connectivity index (χ0v) is 13.3. The van der Waals surface area contributed by atoms with Crippen LogP contribution in [0.15, 0.2) is 58.8 Å². The molecule has 1 atom stereocenters. The number of rotatable bonds is 6. The van der Waals surface area contributed by atoms with E-state index in [1.165, 1.54) is 25.1 Å². The second kappa shape index (κ2) is 7.82. The average molecular weight is 340 g/mol. The Labute approximate surface area is 143 Å². The molecule has 0 fully saturated rings. The van der Waals surface area contributed by atoms with Gasteiger partial charge in [0.25, 0.3) is 5.91 Å². The van der Waals surface area contributed by atoms with E-state index < -0.39 is 23.7 Å². The van der Waals surface area contributed by atoms with E-state index in [-0.39, 0.29) is 16.9 Å². The van der Waals surface area contributed by atoms with Crippen molar-refractivity contribution in [2.45, 2.75) is 13.0 Å². The zero-order valence-electron chi connectivity index (χ0n) is 13.3. The van der Waals surface area contributed by atoms with Crippen molar-refractivity contribution in [1.82, 2.24) is 0 Å². The highest BCUT2D eigenvalue weighted by Crippen LogP contribution is 2.24. The first-order chi connectivity index (χ1) is 11.9. The van der Waals surface area contributed by atoms with Gasteiger partial charge in [-0.1, -0.05) is 18.2 Å². The van der Waals surface area contributed by atoms with Crippen LogP contribution in [0.2, 0.25) is 0 Å². The van der Waals surface area contributed by atoms with Gasteiger partial charge in [-0.25, -0.2) is 4.79 Å². The number of ketones is 1. The highest BCUT2D eigenvalue weighted by atomic mass is 16.4. The van der Waals surface area contributed by atoms with Crippen LogP contribution in [0.5, 0.6) is 0 Å². The lowest BCUT2D eigenvalue weighted by Gasteiger charge is -2.09. The third kappa shape index (κ3) is 4.71. The molecule has 0 radical (unpaired) electrons. The summed E-state index contributed by atoms with van der Waals surface area (Å²) in [7, 11) is 0. The summed E-state index contributed by atoms with van der Waals surface area (Å²) >= 11 is 0. The van der Waals surface area contributed by atoms with E-state index in [2.05, 4.69) is 15.5 Å². The van der Waals surface area contributed by atoms with Crippen LogP contribution in [0.3, 0.4) is 0 Å². The van der Waals surface area contributed by atoms with Crippen molar-refractivity contribution in [3.63, 3.8) is 0 Å². The van der Waals surface area contributed by atoms with Gasteiger partial charge in [0.05, 0.1) is 11.3 Å². The van der Waals surface area contributed by atoms with Crippen LogP contribution in [-0.4, -0.2) is 28.8 Å². The number of Topliss-reactive ketones (excluding diaryl/α,β-unsaturated/α-hetero) is 1. The van der Waals surface area contributed by atoms with E-state index in [1.807, 2.05) is 0 Å². The van der Waals surface area contributed by atoms with Crippen molar-refractivity contribution in [3.8, 4) is 0 Å². The number of amides is 1. The number of carbonyl (C=O) groups excluding carboxylic acids is 2. The zero-order chi connectivity index (χ0) is 18.4. The van der Waals surface area contributed by atoms with Crippen LogP contribution in [-0.2, 0) is 9.59 Å². The van der Waals surface area contributed by atoms with Gasteiger partial charge >= 0.3 is 5.97 Å². The molecule has 2 aromatic carbocycles. The van der Waals surface area contributed by atoms with E-state index in [9.17, 15) is 14.4 Å². The Morgan fingerprint density at radius 1 is 1.12 bits per heavy atom. The van der Waals surface area contributed by atoms with Crippen molar-refractivity contribution >= 4 is 34.7 Å². The molecular weight excluding hydrogens is 324 g/mol. The molecular formula is C17H16N4O4. The van der Waals surface area contributed by atoms with Gasteiger partial charge in [-0.3, -0.25) is 9.59 Å². The SMILES string of the molecule is CC(=O)C(N=Nc1ccc(C(=O)O)cc1N)C(=O)Nc1ccccc1. The molecule has 0 aliphatic carbocycles. The van der Waals surface area contributed by atoms with Crippen LogP contribution in [0.4, 0.5) is 17.1 Å². The topological polar surface area (TPSA) is 134 Å². The predicted octanol–water partition coefficient (Wildman–Crippen LogP) is 2.65. The maximum Gasteiger partial charge on any atom is 0.335 e. The Balaban J connectivity index is 2.18. The highest BCUT2D eigenvalue weighted by molar-refractivity contribution is 6.10. The minimum Gasteiger partial charge on any atom is -0.478 e. The maximum atomic E-state index is 12.2. The van der Waals surface area contributed by atoms with Crippen LogP contribution in [0.25, 0.3) is 0 Å². The molecule has 8 nitrogen and oxygen atoms in total. The molecule has 1 amide bonds. The van der Waals surface area contributed by atoms with E-state index in [4.69, 9.17) is 10.8 Å². The summed E-state index contributed by atoms with van der Waals surface area (Å²) in [5.41, 5.74) is 6.50. The number of nitrogens with zero attached hydrogens (tertiary/aromatic N) is 2. The van der Waals surface area contributed by atoms with Gasteiger partial charge in [0.15, 0.2) is 5.78 Å². The molecule has 1 unspecified atom stereocenters. The van der Waals surface area contributed by atoms with Crippen LogP contribution < -0.4 is 11.1 Å². The fraction of sp³-hybridized carbons (Fsp3) is 0.118. The molecule has 8 heteroatoms. The fourth-order valence-electron chi connectivity index (χ4n) is 1.95. The minimum absolute atomic E-state index is 0.00129. The van der Waals surface area contributed by atoms with Crippen molar-refractivity contribution in [3.05, 3.63) is 54.1 Å². The Hall–Kier alpha value is -3.55. The number of hydrogen-bond donors (Lipinski definition) is 3. The lowest BCUT2D eigenvalue weighted by molar-refractivity contribution is -0.126. The summed E-state index contributed by atoms with van der Waals surface area (Å²) in [4.78, 5) is 34.8. The van der Waals surface area contributed by atoms with Crippen LogP contribution in [0, 0.1) is 0 Å². The Kier molecular flexibility index (Phi) is 5.57. The third-order valence-corrected chi connectivity index (χ3v) is 3.23. The lowest BCUT2D eigenvalue weighted by atomic mass is 10.2. The largest absolute Gasteiger partial charge is 0.478 e. The summed E-state index contributed by atoms with van der Waals surface area (Å²) in [6, 6.07) is 11.2. The second-order valence-corrected chi connectivity index (χ2v) is 5.16. The van der Waals surface area contributed by atoms with Gasteiger partial charge in [-0.2, -0.15) is 10.2 Å². The van der Waals surface area contributed by atoms with E-state index >= 15 is 0 Å². The number of nitrogen functional groups attached to an aromatic ring is 1. The lowest BCUT2D eigenvalue weighted by Crippen LogP contribution is -2.31. The highest BCUT2D eigenvalue weighted by Gasteiger charge is 2.23. The summed E-state index contributed by atoms with van der Waals surface area (Å²) < 4.78 is 0. The Morgan fingerprint density at radius 3 is 2.36 bits per heavy atom. The Bertz CT molecular complexity index is 834. The fourth-order valence-corrected chi connectivity index (χ4v) is 1.95. The number of hydrogen-bond acceptors (Lipinski definition) is 6. The molecule has 0 aliphatic rings. The number of carboxylic acid groups (broad SMARTS) is 1. The molecule has 2 aromatic rings. The summed E-state index contributed by atoms with van der Waals surface area (Å²) in [5.74, 6) is -2.24. The van der Waals surface area contributed by atoms with Gasteiger partial charge in [-0.15, -0.1) is 0 Å². The smallest absolute Gasteiger partial charge is 0.335 e. The number of aromatic carboxylic acids is 1. The first kappa shape index (κ1) is 17.8. The monoisotopic (exact) mass is 340 g/mol. The number of carboxylic acids is 1. The van der Waals surface area contributed by atoms with Crippen LogP contribution in [0.1, 0.15) is 17.3 Å². The molecule has 0 bridgehead atoms. The first-order valence-corrected chi connectivity index (χ1v) is 7.28. The van der Waals surface area contributed by atoms with E-state index in [1.54, 1.807) is 30.3 Å². The molecule has 128 valence electrons. The molecule has 25 heavy (non-hydrogen) atoms. The molecule has 0 aromatic heterocycles. The number of benzene rings is 2. The maximum absolute atomic E-state index is 12.2. The number of para-hydroxylation sites is 1. The molecule has 0 saturated heterocycles. The Morgan fingerprint density at radius 2 is 1.80 bits per heavy atom. The van der Waals surface area contributed by atoms with E-state index in [0.717, 1.165) is 0 Å². The van der Waals surface area contributed by atoms with Gasteiger partial charge in [0, 0.05) is 5.69 Å². The van der Waals surface area contributed by atoms with E-state index in [0.29, 0.717) is 5.69 Å². The van der Waals surface area contributed by atoms with Gasteiger partial charge < -0.3 is 16.2 Å². The first-order valence-electron chi connectivity index (χ1n) is 7.28. The number of nitrogens with two attached hydrogens (primary N) is 1. The van der Waals surface area contributed by atoms with Crippen molar-refractivity contribution in [2.75, 3.05) is 11.1 Å². The molecule has 0 heterocycles. The minimum atomic E-state index is -1.33. The van der Waals surface area contributed by atoms with Crippen molar-refractivity contribution < 1.29 is 19.5 Å². The van der Waals surface area contributed by atoms with Gasteiger partial charge in [0.2, 0.25) is 6.04 Å². The number of azo groups is 1. The molecule has 0 spiro atoms. The summed E-state index contributed by atoms with van der Waals surface area (Å²) in [6.45, 7) is 1.23. The number of carbonyl (C=O) groups is 3. The van der Waals surface area contributed by atoms with Crippen molar-refractivity contribution in [2.24, 2.45) is 10.2 Å². The van der Waals surface area contributed by atoms with Crippen LogP contribution >= 0.6 is 0 Å².